The van der Waals surface area contributed by atoms with Gasteiger partial charge in [-0.3, -0.25) is 9.05 Å². The third-order valence-electron chi connectivity index (χ3n) is 5.86. The van der Waals surface area contributed by atoms with Gasteiger partial charge in [0, 0.05) is 0 Å². The number of ether oxygens (including phenoxy) is 2. The van der Waals surface area contributed by atoms with E-state index in [1.54, 1.807) is 0 Å². The maximum absolute atomic E-state index is 9.10. The molecule has 0 radical (unpaired) electrons. The fourth-order valence-corrected chi connectivity index (χ4v) is 4.29. The molecule has 0 saturated heterocycles. The van der Waals surface area contributed by atoms with Crippen LogP contribution in [0.5, 0.6) is 11.5 Å². The lowest BCUT2D eigenvalue weighted by Gasteiger charge is -2.24. The van der Waals surface area contributed by atoms with Crippen molar-refractivity contribution in [1.82, 2.24) is 0 Å². The highest BCUT2D eigenvalue weighted by Gasteiger charge is 2.22. The van der Waals surface area contributed by atoms with Gasteiger partial charge < -0.3 is 29.0 Å². The van der Waals surface area contributed by atoms with E-state index in [4.69, 9.17) is 38.1 Å². The van der Waals surface area contributed by atoms with Gasteiger partial charge in [-0.25, -0.2) is 0 Å². The Bertz CT molecular complexity index is 852. The third kappa shape index (κ3) is 8.34. The summed E-state index contributed by atoms with van der Waals surface area (Å²) in [6.45, 7) is 16.2. The van der Waals surface area contributed by atoms with Gasteiger partial charge in [-0.1, -0.05) is 55.4 Å². The fourth-order valence-electron chi connectivity index (χ4n) is 4.00. The highest BCUT2D eigenvalue weighted by atomic mass is 31.2. The van der Waals surface area contributed by atoms with Crippen LogP contribution in [0.25, 0.3) is 11.1 Å². The molecule has 0 aliphatic rings. The molecule has 0 amide bonds. The lowest BCUT2D eigenvalue weighted by Crippen LogP contribution is -2.08. The smallest absolute Gasteiger partial charge is 0.330 e. The van der Waals surface area contributed by atoms with Gasteiger partial charge in [-0.05, 0) is 81.3 Å². The first kappa shape index (κ1) is 30.9. The second-order valence-electron chi connectivity index (χ2n) is 9.87. The van der Waals surface area contributed by atoms with Gasteiger partial charge >= 0.3 is 17.2 Å². The van der Waals surface area contributed by atoms with Crippen LogP contribution >= 0.6 is 17.2 Å². The van der Waals surface area contributed by atoms with Crippen LogP contribution in [0.3, 0.4) is 0 Å². The van der Waals surface area contributed by atoms with E-state index in [0.29, 0.717) is 11.5 Å². The highest BCUT2D eigenvalue weighted by Crippen LogP contribution is 2.43. The lowest BCUT2D eigenvalue weighted by atomic mass is 9.86. The average molecular weight is 543 g/mol. The van der Waals surface area contributed by atoms with Gasteiger partial charge in [0.15, 0.2) is 13.6 Å². The second kappa shape index (κ2) is 14.0. The maximum Gasteiger partial charge on any atom is 0.330 e. The first-order valence-corrected chi connectivity index (χ1v) is 14.4. The molecule has 0 heterocycles. The van der Waals surface area contributed by atoms with Gasteiger partial charge in [-0.15, -0.1) is 0 Å². The molecule has 0 bridgehead atoms. The van der Waals surface area contributed by atoms with Crippen molar-refractivity contribution in [3.8, 4) is 22.6 Å². The van der Waals surface area contributed by atoms with Crippen molar-refractivity contribution in [3.05, 3.63) is 46.5 Å². The number of benzene rings is 2. The zero-order valence-corrected chi connectivity index (χ0v) is 24.1. The molecule has 202 valence electrons. The zero-order chi connectivity index (χ0) is 27.2. The Kier molecular flexibility index (Phi) is 12.0. The Balaban J connectivity index is 2.68. The standard InChI is InChI=1S/C26H40O8P2/c1-15(2)21-9-19(10-22(16(3)4)25(21)31-13-33-35(27)28)20-11-23(17(5)6)26(24(12-20)18(7)8)32-14-34-36(29)30/h9-12,15-18,27-30H,13-14H2,1-8H3. The topological polar surface area (TPSA) is 118 Å². The summed E-state index contributed by atoms with van der Waals surface area (Å²) < 4.78 is 21.5. The van der Waals surface area contributed by atoms with Crippen LogP contribution in [-0.4, -0.2) is 33.2 Å². The van der Waals surface area contributed by atoms with Crippen molar-refractivity contribution in [2.45, 2.75) is 79.1 Å². The van der Waals surface area contributed by atoms with E-state index in [-0.39, 0.29) is 37.3 Å². The molecule has 0 fully saturated rings. The monoisotopic (exact) mass is 542 g/mol. The Hall–Kier alpha value is -1.34. The molecule has 0 saturated carbocycles. The van der Waals surface area contributed by atoms with E-state index in [9.17, 15) is 0 Å². The minimum atomic E-state index is -2.49. The summed E-state index contributed by atoms with van der Waals surface area (Å²) >= 11 is 0. The first-order chi connectivity index (χ1) is 16.8. The van der Waals surface area contributed by atoms with E-state index >= 15 is 0 Å². The van der Waals surface area contributed by atoms with Crippen LogP contribution in [-0.2, 0) is 9.05 Å². The molecule has 0 atom stereocenters. The van der Waals surface area contributed by atoms with Gasteiger partial charge in [-0.2, -0.15) is 0 Å². The summed E-state index contributed by atoms with van der Waals surface area (Å²) in [5, 5.41) is 0. The van der Waals surface area contributed by atoms with Crippen molar-refractivity contribution in [3.63, 3.8) is 0 Å². The number of hydrogen-bond acceptors (Lipinski definition) is 8. The number of hydrogen-bond donors (Lipinski definition) is 4. The molecular formula is C26H40O8P2. The number of rotatable bonds is 13. The Morgan fingerprint density at radius 2 is 0.778 bits per heavy atom. The average Bonchev–Trinajstić information content (AvgIpc) is 2.77. The summed E-state index contributed by atoms with van der Waals surface area (Å²) in [7, 11) is -4.99. The van der Waals surface area contributed by atoms with Crippen molar-refractivity contribution in [2.75, 3.05) is 13.6 Å². The molecule has 0 aromatic heterocycles. The van der Waals surface area contributed by atoms with Gasteiger partial charge in [0.2, 0.25) is 0 Å². The largest absolute Gasteiger partial charge is 0.466 e. The normalized spacial score (nSPS) is 12.2. The molecule has 4 N–H and O–H groups in total. The summed E-state index contributed by atoms with van der Waals surface area (Å²) in [6.07, 6.45) is 0. The van der Waals surface area contributed by atoms with Crippen molar-refractivity contribution in [2.24, 2.45) is 0 Å². The van der Waals surface area contributed by atoms with Crippen LogP contribution in [0.1, 0.15) is 101 Å². The van der Waals surface area contributed by atoms with Gasteiger partial charge in [0.25, 0.3) is 0 Å². The van der Waals surface area contributed by atoms with Crippen molar-refractivity contribution < 1.29 is 38.1 Å². The van der Waals surface area contributed by atoms with Crippen LogP contribution in [0.15, 0.2) is 24.3 Å². The Labute approximate surface area is 217 Å². The van der Waals surface area contributed by atoms with Gasteiger partial charge in [0.05, 0.1) is 0 Å². The summed E-state index contributed by atoms with van der Waals surface area (Å²) in [5.74, 6) is 2.03. The Morgan fingerprint density at radius 3 is 0.972 bits per heavy atom. The molecule has 0 unspecified atom stereocenters. The zero-order valence-electron chi connectivity index (χ0n) is 22.3. The van der Waals surface area contributed by atoms with E-state index < -0.39 is 17.2 Å². The Morgan fingerprint density at radius 1 is 0.528 bits per heavy atom. The third-order valence-corrected chi connectivity index (χ3v) is 6.53. The van der Waals surface area contributed by atoms with Crippen LogP contribution in [0.2, 0.25) is 0 Å². The molecule has 2 aromatic carbocycles. The predicted octanol–water partition coefficient (Wildman–Crippen LogP) is 6.98. The van der Waals surface area contributed by atoms with Crippen molar-refractivity contribution in [1.29, 1.82) is 0 Å². The van der Waals surface area contributed by atoms with Crippen molar-refractivity contribution >= 4 is 17.2 Å². The second-order valence-corrected chi connectivity index (χ2v) is 11.4. The lowest BCUT2D eigenvalue weighted by molar-refractivity contribution is 0.101. The minimum Gasteiger partial charge on any atom is -0.466 e. The molecule has 0 spiro atoms. The molecule has 36 heavy (non-hydrogen) atoms. The molecule has 10 heteroatoms. The van der Waals surface area contributed by atoms with E-state index in [1.807, 2.05) is 0 Å². The maximum atomic E-state index is 9.10. The molecule has 0 aliphatic heterocycles. The molecule has 2 rings (SSSR count). The summed E-state index contributed by atoms with van der Waals surface area (Å²) in [4.78, 5) is 36.4. The predicted molar refractivity (Wildman–Crippen MR) is 144 cm³/mol. The fraction of sp³-hybridized carbons (Fsp3) is 0.538. The van der Waals surface area contributed by atoms with E-state index in [0.717, 1.165) is 33.4 Å². The highest BCUT2D eigenvalue weighted by molar-refractivity contribution is 7.39. The van der Waals surface area contributed by atoms with Gasteiger partial charge in [0.1, 0.15) is 11.5 Å². The summed E-state index contributed by atoms with van der Waals surface area (Å²) in [5.41, 5.74) is 6.11. The quantitative estimate of drug-likeness (QED) is 0.158. The van der Waals surface area contributed by atoms with Crippen LogP contribution in [0, 0.1) is 0 Å². The SMILES string of the molecule is CC(C)c1cc(-c2cc(C(C)C)c(OCOP(O)O)c(C(C)C)c2)cc(C(C)C)c1OCOP(O)O. The van der Waals surface area contributed by atoms with E-state index in [1.165, 1.54) is 0 Å². The minimum absolute atomic E-state index is 0.156. The molecule has 8 nitrogen and oxygen atoms in total. The molecule has 2 aromatic rings. The summed E-state index contributed by atoms with van der Waals surface area (Å²) in [6, 6.07) is 8.46. The van der Waals surface area contributed by atoms with E-state index in [2.05, 4.69) is 79.7 Å². The molecule has 0 aliphatic carbocycles. The first-order valence-electron chi connectivity index (χ1n) is 12.1. The molecular weight excluding hydrogens is 502 g/mol. The van der Waals surface area contributed by atoms with Crippen LogP contribution < -0.4 is 9.47 Å². The van der Waals surface area contributed by atoms with Crippen LogP contribution in [0.4, 0.5) is 0 Å².